The summed E-state index contributed by atoms with van der Waals surface area (Å²) in [6, 6.07) is 5.63. The molecular formula is C15H21NO4. The highest BCUT2D eigenvalue weighted by Crippen LogP contribution is 2.26. The Morgan fingerprint density at radius 2 is 1.95 bits per heavy atom. The van der Waals surface area contributed by atoms with E-state index in [2.05, 4.69) is 0 Å². The third-order valence-electron chi connectivity index (χ3n) is 2.80. The Bertz CT molecular complexity index is 471. The maximum absolute atomic E-state index is 11.5. The van der Waals surface area contributed by atoms with E-state index < -0.39 is 12.0 Å². The number of ether oxygens (including phenoxy) is 1. The van der Waals surface area contributed by atoms with E-state index >= 15 is 0 Å². The molecule has 1 rings (SSSR count). The van der Waals surface area contributed by atoms with Crippen LogP contribution in [0.1, 0.15) is 39.3 Å². The molecule has 1 N–H and O–H groups in total. The number of hydrogen-bond donors (Lipinski definition) is 1. The highest BCUT2D eigenvalue weighted by molar-refractivity contribution is 5.78. The Kier molecular flexibility index (Phi) is 5.55. The zero-order valence-corrected chi connectivity index (χ0v) is 12.2. The van der Waals surface area contributed by atoms with Crippen molar-refractivity contribution in [2.75, 3.05) is 0 Å². The van der Waals surface area contributed by atoms with Gasteiger partial charge in [0.1, 0.15) is 5.75 Å². The number of rotatable bonds is 7. The first-order valence-corrected chi connectivity index (χ1v) is 6.59. The van der Waals surface area contributed by atoms with E-state index in [0.29, 0.717) is 17.7 Å². The van der Waals surface area contributed by atoms with E-state index in [-0.39, 0.29) is 12.1 Å². The molecule has 0 aliphatic heterocycles. The number of carbonyl (C=O) groups is 2. The zero-order chi connectivity index (χ0) is 15.3. The highest BCUT2D eigenvalue weighted by Gasteiger charge is 2.28. The molecular weight excluding hydrogens is 258 g/mol. The smallest absolute Gasteiger partial charge is 0.331 e. The van der Waals surface area contributed by atoms with Gasteiger partial charge < -0.3 is 14.7 Å². The number of carbonyl (C=O) groups excluding carboxylic acids is 1. The predicted octanol–water partition coefficient (Wildman–Crippen LogP) is 2.47. The van der Waals surface area contributed by atoms with Gasteiger partial charge in [0.15, 0.2) is 6.04 Å². The minimum absolute atomic E-state index is 0.000742. The van der Waals surface area contributed by atoms with Crippen LogP contribution in [-0.4, -0.2) is 34.5 Å². The van der Waals surface area contributed by atoms with Crippen molar-refractivity contribution in [1.29, 1.82) is 0 Å². The normalized spacial score (nSPS) is 12.3. The summed E-state index contributed by atoms with van der Waals surface area (Å²) >= 11 is 0. The second kappa shape index (κ2) is 6.93. The molecule has 5 heteroatoms. The number of hydrogen-bond acceptors (Lipinski definition) is 3. The lowest BCUT2D eigenvalue weighted by Gasteiger charge is -2.29. The molecule has 1 aromatic rings. The SMILES string of the molecule is CC(C)Oc1cccc(C(C(=O)O)N(C=O)C(C)C)c1. The Morgan fingerprint density at radius 3 is 2.40 bits per heavy atom. The number of carboxylic acid groups (broad SMARTS) is 1. The second-order valence-electron chi connectivity index (χ2n) is 5.13. The quantitative estimate of drug-likeness (QED) is 0.779. The van der Waals surface area contributed by atoms with Crippen LogP contribution in [0.3, 0.4) is 0 Å². The number of carboxylic acids is 1. The van der Waals surface area contributed by atoms with Crippen molar-refractivity contribution in [3.05, 3.63) is 29.8 Å². The fourth-order valence-corrected chi connectivity index (χ4v) is 1.95. The molecule has 0 spiro atoms. The van der Waals surface area contributed by atoms with Crippen LogP contribution in [0, 0.1) is 0 Å². The van der Waals surface area contributed by atoms with Crippen molar-refractivity contribution in [2.24, 2.45) is 0 Å². The van der Waals surface area contributed by atoms with Gasteiger partial charge in [-0.3, -0.25) is 4.79 Å². The molecule has 0 aliphatic carbocycles. The molecule has 0 bridgehead atoms. The average Bonchev–Trinajstić information content (AvgIpc) is 2.34. The Morgan fingerprint density at radius 1 is 1.30 bits per heavy atom. The molecule has 1 aromatic carbocycles. The molecule has 0 radical (unpaired) electrons. The van der Waals surface area contributed by atoms with Gasteiger partial charge >= 0.3 is 5.97 Å². The highest BCUT2D eigenvalue weighted by atomic mass is 16.5. The summed E-state index contributed by atoms with van der Waals surface area (Å²) in [5.41, 5.74) is 0.524. The lowest BCUT2D eigenvalue weighted by molar-refractivity contribution is -0.148. The summed E-state index contributed by atoms with van der Waals surface area (Å²) in [4.78, 5) is 23.9. The van der Waals surface area contributed by atoms with Crippen LogP contribution in [0.15, 0.2) is 24.3 Å². The summed E-state index contributed by atoms with van der Waals surface area (Å²) < 4.78 is 5.56. The van der Waals surface area contributed by atoms with Crippen LogP contribution in [0.25, 0.3) is 0 Å². The third-order valence-corrected chi connectivity index (χ3v) is 2.80. The lowest BCUT2D eigenvalue weighted by Crippen LogP contribution is -2.38. The largest absolute Gasteiger partial charge is 0.491 e. The average molecular weight is 279 g/mol. The number of nitrogens with zero attached hydrogens (tertiary/aromatic N) is 1. The van der Waals surface area contributed by atoms with E-state index in [0.717, 1.165) is 0 Å². The van der Waals surface area contributed by atoms with E-state index in [1.54, 1.807) is 38.1 Å². The molecule has 1 amide bonds. The van der Waals surface area contributed by atoms with Crippen LogP contribution in [-0.2, 0) is 9.59 Å². The van der Waals surface area contributed by atoms with Gasteiger partial charge in [0.05, 0.1) is 6.10 Å². The molecule has 0 aromatic heterocycles. The molecule has 1 atom stereocenters. The second-order valence-corrected chi connectivity index (χ2v) is 5.13. The fourth-order valence-electron chi connectivity index (χ4n) is 1.95. The minimum Gasteiger partial charge on any atom is -0.491 e. The van der Waals surface area contributed by atoms with Crippen molar-refractivity contribution in [2.45, 2.75) is 45.9 Å². The Balaban J connectivity index is 3.15. The first kappa shape index (κ1) is 16.0. The van der Waals surface area contributed by atoms with Crippen molar-refractivity contribution in [1.82, 2.24) is 4.90 Å². The van der Waals surface area contributed by atoms with Gasteiger partial charge in [-0.25, -0.2) is 4.79 Å². The van der Waals surface area contributed by atoms with Crippen molar-refractivity contribution < 1.29 is 19.4 Å². The van der Waals surface area contributed by atoms with E-state index in [1.165, 1.54) is 4.90 Å². The molecule has 5 nitrogen and oxygen atoms in total. The maximum Gasteiger partial charge on any atom is 0.331 e. The number of amides is 1. The zero-order valence-electron chi connectivity index (χ0n) is 12.2. The topological polar surface area (TPSA) is 66.8 Å². The van der Waals surface area contributed by atoms with Gasteiger partial charge in [0, 0.05) is 6.04 Å². The minimum atomic E-state index is -1.06. The van der Waals surface area contributed by atoms with Crippen LogP contribution in [0.5, 0.6) is 5.75 Å². The molecule has 110 valence electrons. The van der Waals surface area contributed by atoms with Crippen molar-refractivity contribution in [3.63, 3.8) is 0 Å². The van der Waals surface area contributed by atoms with Crippen molar-refractivity contribution >= 4 is 12.4 Å². The summed E-state index contributed by atoms with van der Waals surface area (Å²) in [5.74, 6) is -0.467. The molecule has 0 aliphatic rings. The van der Waals surface area contributed by atoms with Crippen LogP contribution in [0.2, 0.25) is 0 Å². The molecule has 0 saturated heterocycles. The van der Waals surface area contributed by atoms with Gasteiger partial charge in [-0.05, 0) is 45.4 Å². The van der Waals surface area contributed by atoms with Gasteiger partial charge in [-0.2, -0.15) is 0 Å². The standard InChI is InChI=1S/C15H21NO4/c1-10(2)16(9-17)14(15(18)19)12-6-5-7-13(8-12)20-11(3)4/h5-11,14H,1-4H3,(H,18,19). The fraction of sp³-hybridized carbons (Fsp3) is 0.467. The third kappa shape index (κ3) is 3.98. The van der Waals surface area contributed by atoms with Crippen LogP contribution in [0.4, 0.5) is 0 Å². The van der Waals surface area contributed by atoms with Gasteiger partial charge in [0.2, 0.25) is 6.41 Å². The summed E-state index contributed by atoms with van der Waals surface area (Å²) in [7, 11) is 0. The Labute approximate surface area is 119 Å². The van der Waals surface area contributed by atoms with Crippen LogP contribution < -0.4 is 4.74 Å². The Hall–Kier alpha value is -2.04. The van der Waals surface area contributed by atoms with Crippen LogP contribution >= 0.6 is 0 Å². The summed E-state index contributed by atoms with van der Waals surface area (Å²) in [6.45, 7) is 7.35. The van der Waals surface area contributed by atoms with E-state index in [1.807, 2.05) is 13.8 Å². The molecule has 0 heterocycles. The van der Waals surface area contributed by atoms with Gasteiger partial charge in [-0.1, -0.05) is 12.1 Å². The van der Waals surface area contributed by atoms with Gasteiger partial charge in [0.25, 0.3) is 0 Å². The van der Waals surface area contributed by atoms with E-state index in [9.17, 15) is 14.7 Å². The maximum atomic E-state index is 11.5. The van der Waals surface area contributed by atoms with Gasteiger partial charge in [-0.15, -0.1) is 0 Å². The predicted molar refractivity (Wildman–Crippen MR) is 75.6 cm³/mol. The first-order chi connectivity index (χ1) is 9.36. The summed E-state index contributed by atoms with van der Waals surface area (Å²) in [5, 5.41) is 9.41. The summed E-state index contributed by atoms with van der Waals surface area (Å²) in [6.07, 6.45) is 0.570. The first-order valence-electron chi connectivity index (χ1n) is 6.59. The molecule has 1 unspecified atom stereocenters. The molecule has 20 heavy (non-hydrogen) atoms. The lowest BCUT2D eigenvalue weighted by atomic mass is 10.0. The van der Waals surface area contributed by atoms with Crippen molar-refractivity contribution in [3.8, 4) is 5.75 Å². The number of benzene rings is 1. The number of aliphatic carboxylic acids is 1. The molecule has 0 saturated carbocycles. The monoisotopic (exact) mass is 279 g/mol. The molecule has 0 fully saturated rings. The van der Waals surface area contributed by atoms with E-state index in [4.69, 9.17) is 4.74 Å².